The molecule has 4 rings (SSSR count). The molecule has 1 aliphatic heterocycles. The number of nitro benzene ring substituents is 1. The van der Waals surface area contributed by atoms with Gasteiger partial charge < -0.3 is 4.74 Å². The second-order valence-corrected chi connectivity index (χ2v) is 9.17. The van der Waals surface area contributed by atoms with Gasteiger partial charge in [0.15, 0.2) is 5.17 Å². The van der Waals surface area contributed by atoms with E-state index in [-0.39, 0.29) is 18.2 Å². The molecule has 0 radical (unpaired) electrons. The van der Waals surface area contributed by atoms with Gasteiger partial charge in [0.05, 0.1) is 15.5 Å². The minimum atomic E-state index is -0.429. The number of aliphatic imine (C=N–C) groups is 1. The summed E-state index contributed by atoms with van der Waals surface area (Å²) in [6.07, 6.45) is 2.65. The molecule has 7 nitrogen and oxygen atoms in total. The van der Waals surface area contributed by atoms with Crippen molar-refractivity contribution in [2.45, 2.75) is 20.0 Å². The number of rotatable bonds is 8. The average molecular weight is 508 g/mol. The fraction of sp³-hybridized carbons (Fsp3) is 0.154. The number of nitrogens with zero attached hydrogens (tertiary/aromatic N) is 3. The lowest BCUT2D eigenvalue weighted by molar-refractivity contribution is -0.384. The number of non-ortho nitro benzene ring substituents is 1. The van der Waals surface area contributed by atoms with Crippen LogP contribution in [-0.2, 0) is 11.4 Å². The quantitative estimate of drug-likeness (QED) is 0.189. The van der Waals surface area contributed by atoms with E-state index in [1.807, 2.05) is 37.3 Å². The van der Waals surface area contributed by atoms with E-state index in [1.54, 1.807) is 41.3 Å². The Balaban J connectivity index is 1.46. The zero-order chi connectivity index (χ0) is 24.8. The Labute approximate surface area is 212 Å². The lowest BCUT2D eigenvalue weighted by Crippen LogP contribution is -2.29. The molecule has 1 amide bonds. The summed E-state index contributed by atoms with van der Waals surface area (Å²) in [6.45, 7) is 2.82. The van der Waals surface area contributed by atoms with Gasteiger partial charge in [0.2, 0.25) is 0 Å². The van der Waals surface area contributed by atoms with Crippen molar-refractivity contribution in [1.29, 1.82) is 0 Å². The number of hydrogen-bond donors (Lipinski definition) is 0. The van der Waals surface area contributed by atoms with Crippen LogP contribution in [-0.4, -0.2) is 27.4 Å². The third-order valence-electron chi connectivity index (χ3n) is 5.09. The van der Waals surface area contributed by atoms with Gasteiger partial charge in [-0.1, -0.05) is 42.8 Å². The second kappa shape index (κ2) is 11.2. The molecule has 0 saturated carbocycles. The first kappa shape index (κ1) is 24.5. The Bertz CT molecular complexity index is 1290. The molecule has 0 aliphatic carbocycles. The summed E-state index contributed by atoms with van der Waals surface area (Å²) in [5.41, 5.74) is 2.33. The fourth-order valence-corrected chi connectivity index (χ4v) is 4.53. The van der Waals surface area contributed by atoms with Gasteiger partial charge in [0, 0.05) is 23.7 Å². The molecule has 0 unspecified atom stereocenters. The Morgan fingerprint density at radius 3 is 2.54 bits per heavy atom. The van der Waals surface area contributed by atoms with Crippen LogP contribution in [0.15, 0.2) is 82.7 Å². The maximum Gasteiger partial charge on any atom is 0.269 e. The highest BCUT2D eigenvalue weighted by atomic mass is 35.5. The predicted molar refractivity (Wildman–Crippen MR) is 140 cm³/mol. The number of hydrogen-bond acceptors (Lipinski definition) is 6. The maximum atomic E-state index is 13.0. The number of thioether (sulfide) groups is 1. The number of amides is 1. The van der Waals surface area contributed by atoms with Gasteiger partial charge in [-0.25, -0.2) is 4.99 Å². The van der Waals surface area contributed by atoms with E-state index in [4.69, 9.17) is 16.3 Å². The highest BCUT2D eigenvalue weighted by molar-refractivity contribution is 8.18. The molecule has 0 bridgehead atoms. The van der Waals surface area contributed by atoms with Gasteiger partial charge >= 0.3 is 0 Å². The summed E-state index contributed by atoms with van der Waals surface area (Å²) in [7, 11) is 0. The van der Waals surface area contributed by atoms with Gasteiger partial charge in [-0.3, -0.25) is 19.8 Å². The molecule has 0 atom stereocenters. The van der Waals surface area contributed by atoms with Crippen LogP contribution in [0.3, 0.4) is 0 Å². The van der Waals surface area contributed by atoms with Gasteiger partial charge in [-0.2, -0.15) is 0 Å². The van der Waals surface area contributed by atoms with Gasteiger partial charge in [0.25, 0.3) is 11.6 Å². The molecule has 3 aromatic carbocycles. The van der Waals surface area contributed by atoms with Crippen molar-refractivity contribution in [3.63, 3.8) is 0 Å². The van der Waals surface area contributed by atoms with E-state index in [1.165, 1.54) is 23.9 Å². The minimum Gasteiger partial charge on any atom is -0.489 e. The number of halogens is 1. The van der Waals surface area contributed by atoms with Crippen LogP contribution in [0.5, 0.6) is 5.75 Å². The fourth-order valence-electron chi connectivity index (χ4n) is 3.38. The monoisotopic (exact) mass is 507 g/mol. The van der Waals surface area contributed by atoms with Crippen molar-refractivity contribution in [2.75, 3.05) is 6.54 Å². The van der Waals surface area contributed by atoms with Crippen molar-refractivity contribution in [3.8, 4) is 5.75 Å². The van der Waals surface area contributed by atoms with E-state index in [0.717, 1.165) is 17.7 Å². The summed E-state index contributed by atoms with van der Waals surface area (Å²) in [5.74, 6) is 0.553. The van der Waals surface area contributed by atoms with Crippen molar-refractivity contribution in [2.24, 2.45) is 4.99 Å². The first-order valence-corrected chi connectivity index (χ1v) is 12.1. The largest absolute Gasteiger partial charge is 0.489 e. The van der Waals surface area contributed by atoms with Crippen LogP contribution in [0.1, 0.15) is 24.5 Å². The summed E-state index contributed by atoms with van der Waals surface area (Å²) in [5, 5.41) is 12.2. The van der Waals surface area contributed by atoms with Crippen LogP contribution in [0, 0.1) is 10.1 Å². The molecular weight excluding hydrogens is 486 g/mol. The van der Waals surface area contributed by atoms with Crippen LogP contribution in [0.4, 0.5) is 11.4 Å². The number of nitro groups is 1. The van der Waals surface area contributed by atoms with Crippen molar-refractivity contribution in [1.82, 2.24) is 4.90 Å². The van der Waals surface area contributed by atoms with Crippen molar-refractivity contribution >= 4 is 51.9 Å². The van der Waals surface area contributed by atoms with Crippen molar-refractivity contribution < 1.29 is 14.5 Å². The molecule has 1 aliphatic rings. The Morgan fingerprint density at radius 2 is 1.86 bits per heavy atom. The molecule has 178 valence electrons. The molecule has 1 saturated heterocycles. The van der Waals surface area contributed by atoms with Crippen molar-refractivity contribution in [3.05, 3.63) is 104 Å². The Morgan fingerprint density at radius 1 is 1.11 bits per heavy atom. The third-order valence-corrected chi connectivity index (χ3v) is 6.35. The molecule has 35 heavy (non-hydrogen) atoms. The number of benzene rings is 3. The lowest BCUT2D eigenvalue weighted by atomic mass is 10.2. The van der Waals surface area contributed by atoms with E-state index < -0.39 is 4.92 Å². The number of carbonyl (C=O) groups excluding carboxylic acids is 1. The summed E-state index contributed by atoms with van der Waals surface area (Å²) in [4.78, 5) is 30.5. The minimum absolute atomic E-state index is 0.0305. The topological polar surface area (TPSA) is 85.0 Å². The van der Waals surface area contributed by atoms with E-state index in [2.05, 4.69) is 4.99 Å². The molecular formula is C26H22ClN3O4S. The van der Waals surface area contributed by atoms with E-state index >= 15 is 0 Å². The first-order chi connectivity index (χ1) is 16.9. The van der Waals surface area contributed by atoms with E-state index in [0.29, 0.717) is 33.0 Å². The highest BCUT2D eigenvalue weighted by Gasteiger charge is 2.32. The number of amidine groups is 1. The van der Waals surface area contributed by atoms with Crippen LogP contribution >= 0.6 is 23.4 Å². The summed E-state index contributed by atoms with van der Waals surface area (Å²) in [6, 6.07) is 20.9. The first-order valence-electron chi connectivity index (χ1n) is 10.9. The smallest absolute Gasteiger partial charge is 0.269 e. The molecule has 9 heteroatoms. The normalized spacial score (nSPS) is 15.7. The van der Waals surface area contributed by atoms with Gasteiger partial charge in [-0.15, -0.1) is 0 Å². The average Bonchev–Trinajstić information content (AvgIpc) is 3.14. The number of ether oxygens (including phenoxy) is 1. The molecule has 0 spiro atoms. The van der Waals surface area contributed by atoms with Crippen LogP contribution in [0.25, 0.3) is 6.08 Å². The third kappa shape index (κ3) is 6.29. The zero-order valence-corrected chi connectivity index (χ0v) is 20.5. The highest BCUT2D eigenvalue weighted by Crippen LogP contribution is 2.34. The summed E-state index contributed by atoms with van der Waals surface area (Å²) >= 11 is 7.31. The molecule has 3 aromatic rings. The van der Waals surface area contributed by atoms with Gasteiger partial charge in [0.1, 0.15) is 12.4 Å². The van der Waals surface area contributed by atoms with Crippen LogP contribution < -0.4 is 4.74 Å². The maximum absolute atomic E-state index is 13.0. The molecule has 1 fully saturated rings. The predicted octanol–water partition coefficient (Wildman–Crippen LogP) is 6.84. The second-order valence-electron chi connectivity index (χ2n) is 7.72. The van der Waals surface area contributed by atoms with Gasteiger partial charge in [-0.05, 0) is 71.8 Å². The van der Waals surface area contributed by atoms with Crippen LogP contribution in [0.2, 0.25) is 5.02 Å². The number of carbonyl (C=O) groups is 1. The molecule has 1 heterocycles. The standard InChI is InChI=1S/C26H22ClN3O4S/c1-2-14-29-25(31)24(35-26(29)28-21-10-8-20(27)9-11-21)16-18-6-12-23(13-7-18)34-17-19-4-3-5-22(15-19)30(32)33/h3-13,15-16H,2,14,17H2,1H3/b24-16-,28-26?. The SMILES string of the molecule is CCCN1C(=O)/C(=C/c2ccc(OCc3cccc([N+](=O)[O-])c3)cc2)SC1=Nc1ccc(Cl)cc1. The molecule has 0 aromatic heterocycles. The summed E-state index contributed by atoms with van der Waals surface area (Å²) < 4.78 is 5.76. The Kier molecular flexibility index (Phi) is 7.84. The lowest BCUT2D eigenvalue weighted by Gasteiger charge is -2.13. The zero-order valence-electron chi connectivity index (χ0n) is 18.9. The Hall–Kier alpha value is -3.62. The molecule has 0 N–H and O–H groups in total. The van der Waals surface area contributed by atoms with E-state index in [9.17, 15) is 14.9 Å².